The zero-order valence-corrected chi connectivity index (χ0v) is 14.6. The van der Waals surface area contributed by atoms with Gasteiger partial charge in [0.2, 0.25) is 0 Å². The summed E-state index contributed by atoms with van der Waals surface area (Å²) in [6, 6.07) is 15.9. The molecule has 4 N–H and O–H groups in total. The second kappa shape index (κ2) is 6.04. The van der Waals surface area contributed by atoms with Crippen molar-refractivity contribution in [3.8, 4) is 0 Å². The SMILES string of the molecule is Nc1ncnc2c1ccn2C1C[C@H](c2ccc3ccccc3c2)[C@@H](O)[C@H]1O. The van der Waals surface area contributed by atoms with E-state index in [2.05, 4.69) is 34.2 Å². The highest BCUT2D eigenvalue weighted by Gasteiger charge is 2.43. The molecule has 4 aromatic rings. The van der Waals surface area contributed by atoms with Gasteiger partial charge in [0.25, 0.3) is 0 Å². The van der Waals surface area contributed by atoms with Crippen LogP contribution in [0.4, 0.5) is 5.82 Å². The van der Waals surface area contributed by atoms with E-state index in [1.807, 2.05) is 35.0 Å². The number of hydrogen-bond donors (Lipinski definition) is 3. The Morgan fingerprint density at radius 2 is 1.78 bits per heavy atom. The van der Waals surface area contributed by atoms with Crippen molar-refractivity contribution in [2.75, 3.05) is 5.73 Å². The fraction of sp³-hybridized carbons (Fsp3) is 0.238. The molecular weight excluding hydrogens is 340 g/mol. The first-order chi connectivity index (χ1) is 13.1. The maximum Gasteiger partial charge on any atom is 0.145 e. The lowest BCUT2D eigenvalue weighted by Crippen LogP contribution is -2.28. The third-order valence-corrected chi connectivity index (χ3v) is 5.75. The van der Waals surface area contributed by atoms with Gasteiger partial charge in [0.15, 0.2) is 0 Å². The van der Waals surface area contributed by atoms with Crippen LogP contribution in [-0.4, -0.2) is 37.0 Å². The number of nitrogens with zero attached hydrogens (tertiary/aromatic N) is 3. The summed E-state index contributed by atoms with van der Waals surface area (Å²) >= 11 is 0. The summed E-state index contributed by atoms with van der Waals surface area (Å²) in [5.41, 5.74) is 7.64. The Labute approximate surface area is 155 Å². The van der Waals surface area contributed by atoms with Crippen molar-refractivity contribution >= 4 is 27.6 Å². The normalized spacial score (nSPS) is 25.4. The lowest BCUT2D eigenvalue weighted by atomic mass is 9.93. The van der Waals surface area contributed by atoms with Crippen molar-refractivity contribution < 1.29 is 10.2 Å². The summed E-state index contributed by atoms with van der Waals surface area (Å²) in [6.45, 7) is 0. The second-order valence-electron chi connectivity index (χ2n) is 7.22. The van der Waals surface area contributed by atoms with Crippen molar-refractivity contribution in [3.05, 3.63) is 66.6 Å². The van der Waals surface area contributed by atoms with Gasteiger partial charge in [0, 0.05) is 12.1 Å². The van der Waals surface area contributed by atoms with Gasteiger partial charge in [-0.3, -0.25) is 0 Å². The summed E-state index contributed by atoms with van der Waals surface area (Å²) in [5.74, 6) is 0.268. The van der Waals surface area contributed by atoms with E-state index in [1.165, 1.54) is 6.33 Å². The quantitative estimate of drug-likeness (QED) is 0.510. The predicted molar refractivity (Wildman–Crippen MR) is 104 cm³/mol. The van der Waals surface area contributed by atoms with Gasteiger partial charge in [0.1, 0.15) is 23.9 Å². The van der Waals surface area contributed by atoms with Gasteiger partial charge in [0.05, 0.1) is 17.5 Å². The molecule has 2 aromatic heterocycles. The van der Waals surface area contributed by atoms with E-state index in [0.29, 0.717) is 17.9 Å². The van der Waals surface area contributed by atoms with Crippen LogP contribution in [0.15, 0.2) is 61.1 Å². The number of benzene rings is 2. The van der Waals surface area contributed by atoms with Crippen LogP contribution in [0.5, 0.6) is 0 Å². The molecule has 6 heteroatoms. The van der Waals surface area contributed by atoms with Crippen LogP contribution >= 0.6 is 0 Å². The number of aliphatic hydroxyl groups excluding tert-OH is 2. The van der Waals surface area contributed by atoms with Crippen LogP contribution in [0.2, 0.25) is 0 Å². The van der Waals surface area contributed by atoms with Gasteiger partial charge in [-0.1, -0.05) is 42.5 Å². The molecule has 27 heavy (non-hydrogen) atoms. The lowest BCUT2D eigenvalue weighted by Gasteiger charge is -2.19. The van der Waals surface area contributed by atoms with E-state index in [-0.39, 0.29) is 12.0 Å². The first-order valence-corrected chi connectivity index (χ1v) is 9.05. The second-order valence-corrected chi connectivity index (χ2v) is 7.22. The van der Waals surface area contributed by atoms with E-state index in [0.717, 1.165) is 21.7 Å². The van der Waals surface area contributed by atoms with Gasteiger partial charge in [-0.25, -0.2) is 9.97 Å². The van der Waals surface area contributed by atoms with E-state index in [1.54, 1.807) is 0 Å². The van der Waals surface area contributed by atoms with Crippen molar-refractivity contribution in [2.45, 2.75) is 30.6 Å². The van der Waals surface area contributed by atoms with Crippen LogP contribution in [0, 0.1) is 0 Å². The predicted octanol–water partition coefficient (Wildman–Crippen LogP) is 2.62. The molecule has 0 radical (unpaired) electrons. The Hall–Kier alpha value is -2.96. The van der Waals surface area contributed by atoms with Crippen LogP contribution in [0.3, 0.4) is 0 Å². The fourth-order valence-electron chi connectivity index (χ4n) is 4.31. The highest BCUT2D eigenvalue weighted by molar-refractivity contribution is 5.86. The topological polar surface area (TPSA) is 97.2 Å². The Bertz CT molecular complexity index is 1140. The molecule has 1 fully saturated rings. The van der Waals surface area contributed by atoms with Gasteiger partial charge >= 0.3 is 0 Å². The molecule has 5 rings (SSSR count). The Morgan fingerprint density at radius 1 is 0.963 bits per heavy atom. The van der Waals surface area contributed by atoms with E-state index in [9.17, 15) is 10.2 Å². The molecule has 0 saturated heterocycles. The van der Waals surface area contributed by atoms with Gasteiger partial charge in [-0.15, -0.1) is 0 Å². The highest BCUT2D eigenvalue weighted by Crippen LogP contribution is 2.43. The molecule has 1 aliphatic carbocycles. The first kappa shape index (κ1) is 16.2. The molecule has 1 aliphatic rings. The largest absolute Gasteiger partial charge is 0.390 e. The summed E-state index contributed by atoms with van der Waals surface area (Å²) in [7, 11) is 0. The number of nitrogen functional groups attached to an aromatic ring is 1. The van der Waals surface area contributed by atoms with Crippen LogP contribution in [-0.2, 0) is 0 Å². The molecule has 2 heterocycles. The van der Waals surface area contributed by atoms with Gasteiger partial charge in [-0.05, 0) is 28.8 Å². The Morgan fingerprint density at radius 3 is 2.63 bits per heavy atom. The van der Waals surface area contributed by atoms with Gasteiger partial charge < -0.3 is 20.5 Å². The van der Waals surface area contributed by atoms with E-state index in [4.69, 9.17) is 5.73 Å². The molecule has 0 bridgehead atoms. The van der Waals surface area contributed by atoms with E-state index < -0.39 is 12.2 Å². The average Bonchev–Trinajstić information content (AvgIpc) is 3.24. The molecule has 1 unspecified atom stereocenters. The highest BCUT2D eigenvalue weighted by atomic mass is 16.3. The standard InChI is InChI=1S/C21H20N4O2/c22-20-15-7-8-25(21(15)24-11-23-20)17-10-16(18(26)19(17)27)14-6-5-12-3-1-2-4-13(12)9-14/h1-9,11,16-19,26-27H,10H2,(H2,22,23,24)/t16-,17?,18-,19+/m1/s1. The average molecular weight is 360 g/mol. The number of hydrogen-bond acceptors (Lipinski definition) is 5. The summed E-state index contributed by atoms with van der Waals surface area (Å²) < 4.78 is 1.91. The number of rotatable bonds is 2. The summed E-state index contributed by atoms with van der Waals surface area (Å²) in [5, 5.41) is 24.6. The fourth-order valence-corrected chi connectivity index (χ4v) is 4.31. The van der Waals surface area contributed by atoms with Crippen LogP contribution in [0.25, 0.3) is 21.8 Å². The summed E-state index contributed by atoms with van der Waals surface area (Å²) in [6.07, 6.45) is 2.18. The lowest BCUT2D eigenvalue weighted by molar-refractivity contribution is 0.0179. The van der Waals surface area contributed by atoms with Crippen molar-refractivity contribution in [1.82, 2.24) is 14.5 Å². The van der Waals surface area contributed by atoms with E-state index >= 15 is 0 Å². The number of aliphatic hydroxyl groups is 2. The van der Waals surface area contributed by atoms with Gasteiger partial charge in [-0.2, -0.15) is 0 Å². The maximum absolute atomic E-state index is 10.8. The number of anilines is 1. The minimum atomic E-state index is -0.881. The Kier molecular flexibility index (Phi) is 3.63. The molecule has 2 aromatic carbocycles. The van der Waals surface area contributed by atoms with Crippen molar-refractivity contribution in [1.29, 1.82) is 0 Å². The number of nitrogens with two attached hydrogens (primary N) is 1. The Balaban J connectivity index is 1.53. The zero-order chi connectivity index (χ0) is 18.5. The third-order valence-electron chi connectivity index (χ3n) is 5.75. The maximum atomic E-state index is 10.8. The van der Waals surface area contributed by atoms with Crippen molar-refractivity contribution in [3.63, 3.8) is 0 Å². The van der Waals surface area contributed by atoms with Crippen LogP contribution < -0.4 is 5.73 Å². The monoisotopic (exact) mass is 360 g/mol. The molecule has 4 atom stereocenters. The smallest absolute Gasteiger partial charge is 0.145 e. The molecule has 6 nitrogen and oxygen atoms in total. The summed E-state index contributed by atoms with van der Waals surface area (Å²) in [4.78, 5) is 8.34. The molecule has 1 saturated carbocycles. The molecule has 0 amide bonds. The number of aromatic nitrogens is 3. The molecule has 0 aliphatic heterocycles. The molecular formula is C21H20N4O2. The molecule has 136 valence electrons. The van der Waals surface area contributed by atoms with Crippen molar-refractivity contribution in [2.24, 2.45) is 0 Å². The van der Waals surface area contributed by atoms with Crippen LogP contribution in [0.1, 0.15) is 23.9 Å². The number of fused-ring (bicyclic) bond motifs is 2. The minimum Gasteiger partial charge on any atom is -0.390 e. The minimum absolute atomic E-state index is 0.147. The molecule has 0 spiro atoms. The first-order valence-electron chi connectivity index (χ1n) is 9.05. The third kappa shape index (κ3) is 2.49. The zero-order valence-electron chi connectivity index (χ0n) is 14.6.